The van der Waals surface area contributed by atoms with Gasteiger partial charge in [-0.15, -0.1) is 6.58 Å². The highest BCUT2D eigenvalue weighted by atomic mass is 19.1. The first-order chi connectivity index (χ1) is 18.6. The summed E-state index contributed by atoms with van der Waals surface area (Å²) in [6.07, 6.45) is 7.22. The van der Waals surface area contributed by atoms with Crippen molar-refractivity contribution in [3.63, 3.8) is 0 Å². The molecule has 1 aromatic carbocycles. The van der Waals surface area contributed by atoms with E-state index in [1.54, 1.807) is 6.07 Å². The third-order valence-electron chi connectivity index (χ3n) is 7.81. The van der Waals surface area contributed by atoms with Crippen molar-refractivity contribution in [1.29, 1.82) is 0 Å². The molecule has 1 atom stereocenters. The molecule has 1 amide bonds. The van der Waals surface area contributed by atoms with Gasteiger partial charge in [0.1, 0.15) is 6.67 Å². The molecule has 196 valence electrons. The van der Waals surface area contributed by atoms with Gasteiger partial charge in [0.2, 0.25) is 0 Å². The number of pyridine rings is 1. The molecule has 2 fully saturated rings. The highest BCUT2D eigenvalue weighted by Gasteiger charge is 2.38. The molecule has 1 aliphatic carbocycles. The van der Waals surface area contributed by atoms with E-state index in [9.17, 15) is 9.18 Å². The Morgan fingerprint density at radius 2 is 2.05 bits per heavy atom. The number of alkyl halides is 1. The fourth-order valence-corrected chi connectivity index (χ4v) is 5.64. The largest absolute Gasteiger partial charge is 0.402 e. The van der Waals surface area contributed by atoms with Crippen LogP contribution in [0.3, 0.4) is 0 Å². The second kappa shape index (κ2) is 10.1. The number of carbonyl (C=O) groups is 1. The van der Waals surface area contributed by atoms with E-state index < -0.39 is 6.67 Å². The number of hydrogen-bond acceptors (Lipinski definition) is 6. The minimum atomic E-state index is -0.705. The summed E-state index contributed by atoms with van der Waals surface area (Å²) >= 11 is 0. The number of aromatic nitrogens is 3. The molecule has 9 heteroatoms. The number of nitrogens with zero attached hydrogens (tertiary/aromatic N) is 5. The van der Waals surface area contributed by atoms with Gasteiger partial charge in [-0.3, -0.25) is 19.8 Å². The van der Waals surface area contributed by atoms with Gasteiger partial charge in [0, 0.05) is 67.6 Å². The highest BCUT2D eigenvalue weighted by Crippen LogP contribution is 2.40. The van der Waals surface area contributed by atoms with Gasteiger partial charge in [-0.2, -0.15) is 5.10 Å². The summed E-state index contributed by atoms with van der Waals surface area (Å²) in [5.74, 6) is 0.539. The highest BCUT2D eigenvalue weighted by molar-refractivity contribution is 6.06. The average molecular weight is 514 g/mol. The number of H-pyrrole nitrogens is 1. The molecule has 2 aliphatic heterocycles. The second-order valence-electron chi connectivity index (χ2n) is 10.4. The van der Waals surface area contributed by atoms with E-state index in [1.807, 2.05) is 11.0 Å². The predicted octanol–water partition coefficient (Wildman–Crippen LogP) is 4.40. The van der Waals surface area contributed by atoms with Crippen molar-refractivity contribution in [3.8, 4) is 0 Å². The number of hydrogen-bond donors (Lipinski definition) is 2. The molecule has 8 nitrogen and oxygen atoms in total. The first kappa shape index (κ1) is 24.5. The zero-order valence-corrected chi connectivity index (χ0v) is 21.4. The van der Waals surface area contributed by atoms with Crippen LogP contribution in [0, 0.1) is 0 Å². The van der Waals surface area contributed by atoms with Gasteiger partial charge in [0.25, 0.3) is 5.91 Å². The van der Waals surface area contributed by atoms with Gasteiger partial charge >= 0.3 is 0 Å². The summed E-state index contributed by atoms with van der Waals surface area (Å²) in [5, 5.41) is 7.22. The molecule has 0 radical (unpaired) electrons. The summed E-state index contributed by atoms with van der Waals surface area (Å²) in [7, 11) is 0. The quantitative estimate of drug-likeness (QED) is 0.476. The van der Waals surface area contributed by atoms with Gasteiger partial charge in [-0.05, 0) is 42.5 Å². The van der Waals surface area contributed by atoms with E-state index in [2.05, 4.69) is 50.9 Å². The van der Waals surface area contributed by atoms with Gasteiger partial charge in [0.05, 0.1) is 23.0 Å². The van der Waals surface area contributed by atoms with Crippen molar-refractivity contribution in [2.24, 2.45) is 10.7 Å². The Hall–Kier alpha value is -3.85. The van der Waals surface area contributed by atoms with Crippen molar-refractivity contribution in [1.82, 2.24) is 25.0 Å². The molecule has 3 aliphatic rings. The summed E-state index contributed by atoms with van der Waals surface area (Å²) in [4.78, 5) is 27.4. The fourth-order valence-electron chi connectivity index (χ4n) is 5.64. The van der Waals surface area contributed by atoms with Crippen molar-refractivity contribution in [3.05, 3.63) is 77.3 Å². The summed E-state index contributed by atoms with van der Waals surface area (Å²) in [5.41, 5.74) is 12.8. The number of carbonyl (C=O) groups excluding carboxylic acids is 1. The molecular weight excluding hydrogens is 481 g/mol. The lowest BCUT2D eigenvalue weighted by atomic mass is 9.90. The number of benzene rings is 1. The Bertz CT molecular complexity index is 1440. The van der Waals surface area contributed by atoms with Crippen molar-refractivity contribution >= 4 is 28.3 Å². The van der Waals surface area contributed by atoms with Crippen LogP contribution in [0.1, 0.15) is 53.2 Å². The topological polar surface area (TPSA) is 104 Å². The number of likely N-dealkylation sites (tertiary alicyclic amines) is 1. The van der Waals surface area contributed by atoms with Crippen LogP contribution in [0.15, 0.2) is 65.4 Å². The minimum Gasteiger partial charge on any atom is -0.402 e. The minimum absolute atomic E-state index is 0.158. The first-order valence-corrected chi connectivity index (χ1v) is 13.2. The van der Waals surface area contributed by atoms with Gasteiger partial charge in [0.15, 0.2) is 5.65 Å². The summed E-state index contributed by atoms with van der Waals surface area (Å²) in [6.45, 7) is 5.82. The standard InChI is InChI=1S/C29H32FN7O/c1-2-11-36-12-9-23(31)27-24(33-21-7-5-19(6-8-21)18-3-4-18)10-13-37(26(27)17-36)29(38)20-14-22-25(15-30)34-35-28(22)32-16-20/h2,5-8,14,16,18,26H,1,3-4,9-13,15,17,31H2,(H,32,34,35). The smallest absolute Gasteiger partial charge is 0.256 e. The molecule has 1 saturated carbocycles. The van der Waals surface area contributed by atoms with Crippen molar-refractivity contribution in [2.75, 3.05) is 26.2 Å². The summed E-state index contributed by atoms with van der Waals surface area (Å²) < 4.78 is 13.4. The van der Waals surface area contributed by atoms with E-state index in [0.29, 0.717) is 60.7 Å². The zero-order chi connectivity index (χ0) is 26.2. The van der Waals surface area contributed by atoms with Crippen molar-refractivity contribution < 1.29 is 9.18 Å². The summed E-state index contributed by atoms with van der Waals surface area (Å²) in [6, 6.07) is 9.93. The van der Waals surface area contributed by atoms with Gasteiger partial charge in [-0.25, -0.2) is 9.37 Å². The molecule has 38 heavy (non-hydrogen) atoms. The lowest BCUT2D eigenvalue weighted by Crippen LogP contribution is -2.52. The molecule has 0 spiro atoms. The average Bonchev–Trinajstić information content (AvgIpc) is 3.73. The SMILES string of the molecule is C=CCN1CCC(N)=C2C(=Nc3ccc(C4CC4)cc3)CCN(C(=O)c3cnc4n[nH]c(CF)c4c3)C2C1. The Kier molecular flexibility index (Phi) is 6.53. The lowest BCUT2D eigenvalue weighted by molar-refractivity contribution is 0.0673. The molecule has 4 heterocycles. The van der Waals surface area contributed by atoms with Gasteiger partial charge in [-0.1, -0.05) is 18.2 Å². The Morgan fingerprint density at radius 3 is 2.79 bits per heavy atom. The number of nitrogens with two attached hydrogens (primary N) is 1. The number of amides is 1. The van der Waals surface area contributed by atoms with E-state index in [0.717, 1.165) is 29.2 Å². The Morgan fingerprint density at radius 1 is 1.24 bits per heavy atom. The first-order valence-electron chi connectivity index (χ1n) is 13.2. The third-order valence-corrected chi connectivity index (χ3v) is 7.81. The number of fused-ring (bicyclic) bond motifs is 2. The van der Waals surface area contributed by atoms with E-state index >= 15 is 0 Å². The van der Waals surface area contributed by atoms with Crippen LogP contribution < -0.4 is 5.73 Å². The van der Waals surface area contributed by atoms with Crippen LogP contribution in [-0.2, 0) is 6.67 Å². The zero-order valence-electron chi connectivity index (χ0n) is 21.4. The molecule has 3 N–H and O–H groups in total. The van der Waals surface area contributed by atoms with Crippen molar-refractivity contribution in [2.45, 2.75) is 44.3 Å². The monoisotopic (exact) mass is 513 g/mol. The van der Waals surface area contributed by atoms with E-state index in [4.69, 9.17) is 10.7 Å². The Balaban J connectivity index is 1.35. The molecule has 6 rings (SSSR count). The number of piperidine rings is 1. The third kappa shape index (κ3) is 4.62. The van der Waals surface area contributed by atoms with E-state index in [-0.39, 0.29) is 11.9 Å². The Labute approximate surface area is 221 Å². The normalized spacial score (nSPS) is 21.6. The molecule has 1 unspecified atom stereocenters. The van der Waals surface area contributed by atoms with Crippen LogP contribution in [0.2, 0.25) is 0 Å². The maximum Gasteiger partial charge on any atom is 0.256 e. The maximum absolute atomic E-state index is 13.9. The number of nitrogens with one attached hydrogen (secondary N) is 1. The molecule has 2 aromatic heterocycles. The van der Waals surface area contributed by atoms with Crippen LogP contribution in [0.5, 0.6) is 0 Å². The maximum atomic E-state index is 13.9. The van der Waals surface area contributed by atoms with Crippen LogP contribution >= 0.6 is 0 Å². The number of aliphatic imine (C=N–C) groups is 1. The molecule has 0 bridgehead atoms. The lowest BCUT2D eigenvalue weighted by Gasteiger charge is -2.40. The van der Waals surface area contributed by atoms with Gasteiger partial charge < -0.3 is 10.6 Å². The molecular formula is C29H32FN7O. The number of halogens is 1. The van der Waals surface area contributed by atoms with Crippen LogP contribution in [-0.4, -0.2) is 68.8 Å². The molecule has 3 aromatic rings. The number of aromatic amines is 1. The number of rotatable bonds is 6. The molecule has 1 saturated heterocycles. The van der Waals surface area contributed by atoms with E-state index in [1.165, 1.54) is 24.6 Å². The predicted molar refractivity (Wildman–Crippen MR) is 146 cm³/mol. The van der Waals surface area contributed by atoms with Crippen LogP contribution in [0.4, 0.5) is 10.1 Å². The fraction of sp³-hybridized carbons (Fsp3) is 0.379. The van der Waals surface area contributed by atoms with Crippen LogP contribution in [0.25, 0.3) is 11.0 Å². The second-order valence-corrected chi connectivity index (χ2v) is 10.4.